The molecule has 78 valence electrons. The third-order valence-corrected chi connectivity index (χ3v) is 2.24. The molecule has 1 aromatic carbocycles. The average Bonchev–Trinajstić information content (AvgIpc) is 2.62. The summed E-state index contributed by atoms with van der Waals surface area (Å²) in [6, 6.07) is 9.55. The van der Waals surface area contributed by atoms with Crippen LogP contribution in [0.2, 0.25) is 0 Å². The SMILES string of the molecule is O=C1OC/C(=C/O)N1Cc1ccccc1. The number of aliphatic hydroxyl groups is 1. The monoisotopic (exact) mass is 205 g/mol. The summed E-state index contributed by atoms with van der Waals surface area (Å²) >= 11 is 0. The molecule has 2 rings (SSSR count). The van der Waals surface area contributed by atoms with Crippen LogP contribution in [0.3, 0.4) is 0 Å². The summed E-state index contributed by atoms with van der Waals surface area (Å²) in [5, 5.41) is 8.90. The minimum atomic E-state index is -0.417. The van der Waals surface area contributed by atoms with Gasteiger partial charge < -0.3 is 9.84 Å². The fourth-order valence-corrected chi connectivity index (χ4v) is 1.45. The van der Waals surface area contributed by atoms with E-state index >= 15 is 0 Å². The number of hydrogen-bond acceptors (Lipinski definition) is 3. The molecule has 0 atom stereocenters. The highest BCUT2D eigenvalue weighted by molar-refractivity contribution is 5.72. The van der Waals surface area contributed by atoms with Gasteiger partial charge in [0.25, 0.3) is 0 Å². The van der Waals surface area contributed by atoms with Gasteiger partial charge in [0, 0.05) is 0 Å². The zero-order chi connectivity index (χ0) is 10.7. The largest absolute Gasteiger partial charge is 0.514 e. The van der Waals surface area contributed by atoms with Gasteiger partial charge in [-0.1, -0.05) is 30.3 Å². The lowest BCUT2D eigenvalue weighted by molar-refractivity contribution is 0.157. The Labute approximate surface area is 87.4 Å². The van der Waals surface area contributed by atoms with Crippen LogP contribution in [-0.4, -0.2) is 22.7 Å². The fourth-order valence-electron chi connectivity index (χ4n) is 1.45. The second kappa shape index (κ2) is 4.04. The zero-order valence-electron chi connectivity index (χ0n) is 8.09. The lowest BCUT2D eigenvalue weighted by Gasteiger charge is -2.13. The van der Waals surface area contributed by atoms with Gasteiger partial charge in [-0.05, 0) is 5.56 Å². The number of aliphatic hydroxyl groups excluding tert-OH is 1. The van der Waals surface area contributed by atoms with E-state index < -0.39 is 6.09 Å². The van der Waals surface area contributed by atoms with E-state index in [0.717, 1.165) is 11.8 Å². The van der Waals surface area contributed by atoms with Gasteiger partial charge in [0.15, 0.2) is 0 Å². The Bertz CT molecular complexity index is 386. The summed E-state index contributed by atoms with van der Waals surface area (Å²) in [5.41, 5.74) is 1.49. The van der Waals surface area contributed by atoms with Crippen LogP contribution in [0, 0.1) is 0 Å². The summed E-state index contributed by atoms with van der Waals surface area (Å²) in [6.45, 7) is 0.564. The molecule has 0 aliphatic carbocycles. The third kappa shape index (κ3) is 1.93. The zero-order valence-corrected chi connectivity index (χ0v) is 8.09. The van der Waals surface area contributed by atoms with Crippen LogP contribution < -0.4 is 0 Å². The molecule has 0 bridgehead atoms. The molecule has 1 amide bonds. The maximum Gasteiger partial charge on any atom is 0.414 e. The van der Waals surface area contributed by atoms with Crippen LogP contribution in [0.25, 0.3) is 0 Å². The molecule has 0 spiro atoms. The van der Waals surface area contributed by atoms with E-state index in [9.17, 15) is 4.79 Å². The van der Waals surface area contributed by atoms with Crippen molar-refractivity contribution < 1.29 is 14.6 Å². The highest BCUT2D eigenvalue weighted by Crippen LogP contribution is 2.18. The van der Waals surface area contributed by atoms with E-state index in [1.165, 1.54) is 4.90 Å². The maximum absolute atomic E-state index is 11.3. The van der Waals surface area contributed by atoms with Crippen molar-refractivity contribution in [1.82, 2.24) is 4.90 Å². The maximum atomic E-state index is 11.3. The van der Waals surface area contributed by atoms with Crippen molar-refractivity contribution in [3.8, 4) is 0 Å². The van der Waals surface area contributed by atoms with E-state index in [0.29, 0.717) is 12.2 Å². The van der Waals surface area contributed by atoms with Crippen molar-refractivity contribution in [2.24, 2.45) is 0 Å². The average molecular weight is 205 g/mol. The number of cyclic esters (lactones) is 1. The van der Waals surface area contributed by atoms with E-state index in [1.807, 2.05) is 30.3 Å². The van der Waals surface area contributed by atoms with Crippen LogP contribution in [0.1, 0.15) is 5.56 Å². The van der Waals surface area contributed by atoms with E-state index in [-0.39, 0.29) is 6.61 Å². The van der Waals surface area contributed by atoms with E-state index in [2.05, 4.69) is 0 Å². The highest BCUT2D eigenvalue weighted by Gasteiger charge is 2.27. The fraction of sp³-hybridized carbons (Fsp3) is 0.182. The van der Waals surface area contributed by atoms with Crippen LogP contribution in [-0.2, 0) is 11.3 Å². The van der Waals surface area contributed by atoms with Crippen LogP contribution >= 0.6 is 0 Å². The summed E-state index contributed by atoms with van der Waals surface area (Å²) in [4.78, 5) is 12.7. The van der Waals surface area contributed by atoms with Crippen molar-refractivity contribution in [1.29, 1.82) is 0 Å². The molecular weight excluding hydrogens is 194 g/mol. The first-order chi connectivity index (χ1) is 7.31. The quantitative estimate of drug-likeness (QED) is 0.751. The first kappa shape index (κ1) is 9.58. The van der Waals surface area contributed by atoms with Gasteiger partial charge >= 0.3 is 6.09 Å². The lowest BCUT2D eigenvalue weighted by atomic mass is 10.2. The molecule has 0 radical (unpaired) electrons. The second-order valence-electron chi connectivity index (χ2n) is 3.25. The number of benzene rings is 1. The van der Waals surface area contributed by atoms with Crippen LogP contribution in [0.5, 0.6) is 0 Å². The highest BCUT2D eigenvalue weighted by atomic mass is 16.6. The number of nitrogens with zero attached hydrogens (tertiary/aromatic N) is 1. The minimum absolute atomic E-state index is 0.141. The lowest BCUT2D eigenvalue weighted by Crippen LogP contribution is -2.22. The number of hydrogen-bond donors (Lipinski definition) is 1. The molecule has 4 nitrogen and oxygen atoms in total. The number of carbonyl (C=O) groups is 1. The molecule has 1 fully saturated rings. The van der Waals surface area contributed by atoms with Gasteiger partial charge in [-0.2, -0.15) is 0 Å². The number of ether oxygens (including phenoxy) is 1. The molecule has 1 aromatic rings. The molecule has 1 aliphatic rings. The third-order valence-electron chi connectivity index (χ3n) is 2.24. The Balaban J connectivity index is 2.14. The Kier molecular flexibility index (Phi) is 2.58. The Morgan fingerprint density at radius 2 is 2.13 bits per heavy atom. The Morgan fingerprint density at radius 3 is 2.80 bits per heavy atom. The summed E-state index contributed by atoms with van der Waals surface area (Å²) in [7, 11) is 0. The molecule has 1 heterocycles. The van der Waals surface area contributed by atoms with Crippen molar-refractivity contribution >= 4 is 6.09 Å². The van der Waals surface area contributed by atoms with Crippen molar-refractivity contribution in [3.05, 3.63) is 47.9 Å². The summed E-state index contributed by atoms with van der Waals surface area (Å²) < 4.78 is 4.80. The van der Waals surface area contributed by atoms with E-state index in [1.54, 1.807) is 0 Å². The molecular formula is C11H11NO3. The first-order valence-corrected chi connectivity index (χ1v) is 4.63. The summed E-state index contributed by atoms with van der Waals surface area (Å²) in [5.74, 6) is 0. The second-order valence-corrected chi connectivity index (χ2v) is 3.25. The minimum Gasteiger partial charge on any atom is -0.514 e. The molecule has 0 unspecified atom stereocenters. The molecule has 0 saturated carbocycles. The Morgan fingerprint density at radius 1 is 1.40 bits per heavy atom. The first-order valence-electron chi connectivity index (χ1n) is 4.63. The standard InChI is InChI=1S/C11H11NO3/c13-7-10-8-15-11(14)12(10)6-9-4-2-1-3-5-9/h1-5,7,13H,6,8H2/b10-7-. The van der Waals surface area contributed by atoms with Gasteiger partial charge in [-0.15, -0.1) is 0 Å². The van der Waals surface area contributed by atoms with Crippen molar-refractivity contribution in [2.45, 2.75) is 6.54 Å². The van der Waals surface area contributed by atoms with E-state index in [4.69, 9.17) is 9.84 Å². The molecule has 0 aromatic heterocycles. The Hall–Kier alpha value is -1.97. The molecule has 1 N–H and O–H groups in total. The van der Waals surface area contributed by atoms with Crippen LogP contribution in [0.4, 0.5) is 4.79 Å². The van der Waals surface area contributed by atoms with Gasteiger partial charge in [-0.3, -0.25) is 4.90 Å². The topological polar surface area (TPSA) is 49.8 Å². The van der Waals surface area contributed by atoms with Gasteiger partial charge in [-0.25, -0.2) is 4.79 Å². The molecule has 1 saturated heterocycles. The summed E-state index contributed by atoms with van der Waals surface area (Å²) in [6.07, 6.45) is 0.493. The predicted molar refractivity (Wildman–Crippen MR) is 54.0 cm³/mol. The number of rotatable bonds is 2. The predicted octanol–water partition coefficient (Wildman–Crippen LogP) is 2.04. The molecule has 4 heteroatoms. The van der Waals surface area contributed by atoms with Crippen molar-refractivity contribution in [2.75, 3.05) is 6.61 Å². The molecule has 1 aliphatic heterocycles. The van der Waals surface area contributed by atoms with Gasteiger partial charge in [0.2, 0.25) is 0 Å². The van der Waals surface area contributed by atoms with Crippen LogP contribution in [0.15, 0.2) is 42.3 Å². The smallest absolute Gasteiger partial charge is 0.414 e. The number of carbonyl (C=O) groups excluding carboxylic acids is 1. The number of amides is 1. The van der Waals surface area contributed by atoms with Gasteiger partial charge in [0.05, 0.1) is 12.2 Å². The normalized spacial score (nSPS) is 18.3. The van der Waals surface area contributed by atoms with Gasteiger partial charge in [0.1, 0.15) is 12.9 Å². The molecule has 15 heavy (non-hydrogen) atoms. The van der Waals surface area contributed by atoms with Crippen molar-refractivity contribution in [3.63, 3.8) is 0 Å².